The molecule has 3 aromatic carbocycles. The van der Waals surface area contributed by atoms with Gasteiger partial charge in [0.2, 0.25) is 0 Å². The fourth-order valence-corrected chi connectivity index (χ4v) is 3.38. The van der Waals surface area contributed by atoms with Gasteiger partial charge in [-0.15, -0.1) is 0 Å². The summed E-state index contributed by atoms with van der Waals surface area (Å²) in [6.45, 7) is 2.33. The van der Waals surface area contributed by atoms with Gasteiger partial charge in [0.05, 0.1) is 5.52 Å². The van der Waals surface area contributed by atoms with Crippen molar-refractivity contribution in [1.82, 2.24) is 15.3 Å². The van der Waals surface area contributed by atoms with Gasteiger partial charge < -0.3 is 15.0 Å². The average molecular weight is 412 g/mol. The Balaban J connectivity index is 1.47. The Morgan fingerprint density at radius 2 is 1.68 bits per heavy atom. The van der Waals surface area contributed by atoms with Crippen LogP contribution in [-0.2, 0) is 6.61 Å². The Morgan fingerprint density at radius 1 is 0.968 bits per heavy atom. The molecule has 0 spiro atoms. The number of ether oxygens (including phenoxy) is 1. The van der Waals surface area contributed by atoms with E-state index in [2.05, 4.69) is 20.2 Å². The van der Waals surface area contributed by atoms with Gasteiger partial charge in [-0.2, -0.15) is 0 Å². The number of aryl methyl sites for hydroxylation is 1. The molecule has 4 rings (SSSR count). The molecule has 156 valence electrons. The summed E-state index contributed by atoms with van der Waals surface area (Å²) in [6, 6.07) is 23.3. The number of rotatable bonds is 6. The lowest BCUT2D eigenvalue weighted by Gasteiger charge is -2.20. The molecule has 1 aromatic heterocycles. The number of carbonyl (C=O) groups is 1. The SMILES string of the molecule is CNC(=O)c1ccc(COc2ccc(N(C)c3nc(C)nc4ccccc34)cc2)cc1. The third-order valence-corrected chi connectivity index (χ3v) is 5.09. The van der Waals surface area contributed by atoms with Crippen LogP contribution in [0.1, 0.15) is 21.7 Å². The minimum atomic E-state index is -0.0983. The molecule has 4 aromatic rings. The summed E-state index contributed by atoms with van der Waals surface area (Å²) in [5, 5.41) is 3.63. The third-order valence-electron chi connectivity index (χ3n) is 5.09. The molecule has 1 N–H and O–H groups in total. The van der Waals surface area contributed by atoms with Gasteiger partial charge in [-0.05, 0) is 61.0 Å². The number of hydrogen-bond acceptors (Lipinski definition) is 5. The number of amides is 1. The standard InChI is InChI=1S/C25H24N4O2/c1-17-27-23-7-5-4-6-22(23)24(28-17)29(3)20-12-14-21(15-13-20)31-16-18-8-10-19(11-9-18)25(30)26-2/h4-15H,16H2,1-3H3,(H,26,30). The largest absolute Gasteiger partial charge is 0.489 e. The van der Waals surface area contributed by atoms with Gasteiger partial charge in [-0.25, -0.2) is 9.97 Å². The summed E-state index contributed by atoms with van der Waals surface area (Å²) in [4.78, 5) is 22.9. The number of carbonyl (C=O) groups excluding carboxylic acids is 1. The van der Waals surface area contributed by atoms with E-state index in [9.17, 15) is 4.79 Å². The van der Waals surface area contributed by atoms with Crippen LogP contribution in [0.3, 0.4) is 0 Å². The maximum atomic E-state index is 11.6. The molecule has 0 saturated heterocycles. The first-order valence-electron chi connectivity index (χ1n) is 10.1. The molecule has 0 aliphatic heterocycles. The number of hydrogen-bond donors (Lipinski definition) is 1. The van der Waals surface area contributed by atoms with Gasteiger partial charge in [-0.1, -0.05) is 24.3 Å². The fraction of sp³-hybridized carbons (Fsp3) is 0.160. The lowest BCUT2D eigenvalue weighted by atomic mass is 10.1. The minimum absolute atomic E-state index is 0.0983. The van der Waals surface area contributed by atoms with Crippen LogP contribution < -0.4 is 15.0 Å². The molecule has 6 nitrogen and oxygen atoms in total. The normalized spacial score (nSPS) is 10.7. The van der Waals surface area contributed by atoms with Crippen molar-refractivity contribution in [2.45, 2.75) is 13.5 Å². The quantitative estimate of drug-likeness (QED) is 0.500. The van der Waals surface area contributed by atoms with E-state index in [0.29, 0.717) is 12.2 Å². The summed E-state index contributed by atoms with van der Waals surface area (Å²) < 4.78 is 5.90. The second kappa shape index (κ2) is 8.83. The molecule has 0 unspecified atom stereocenters. The van der Waals surface area contributed by atoms with E-state index in [1.807, 2.05) is 74.6 Å². The summed E-state index contributed by atoms with van der Waals surface area (Å²) in [6.07, 6.45) is 0. The minimum Gasteiger partial charge on any atom is -0.489 e. The highest BCUT2D eigenvalue weighted by Crippen LogP contribution is 2.29. The summed E-state index contributed by atoms with van der Waals surface area (Å²) in [5.41, 5.74) is 3.56. The molecular weight excluding hydrogens is 388 g/mol. The number of nitrogens with zero attached hydrogens (tertiary/aromatic N) is 3. The van der Waals surface area contributed by atoms with Crippen LogP contribution in [0, 0.1) is 6.92 Å². The van der Waals surface area contributed by atoms with Crippen LogP contribution in [0.25, 0.3) is 10.9 Å². The van der Waals surface area contributed by atoms with Crippen molar-refractivity contribution in [2.75, 3.05) is 19.0 Å². The highest BCUT2D eigenvalue weighted by Gasteiger charge is 2.12. The van der Waals surface area contributed by atoms with Crippen LogP contribution in [0.15, 0.2) is 72.8 Å². The van der Waals surface area contributed by atoms with Crippen molar-refractivity contribution >= 4 is 28.3 Å². The third kappa shape index (κ3) is 4.48. The zero-order chi connectivity index (χ0) is 21.8. The van der Waals surface area contributed by atoms with Crippen LogP contribution in [0.2, 0.25) is 0 Å². The van der Waals surface area contributed by atoms with Gasteiger partial charge in [-0.3, -0.25) is 4.79 Å². The molecule has 0 bridgehead atoms. The number of anilines is 2. The fourth-order valence-electron chi connectivity index (χ4n) is 3.38. The van der Waals surface area contributed by atoms with Crippen molar-refractivity contribution in [1.29, 1.82) is 0 Å². The molecule has 6 heteroatoms. The Hall–Kier alpha value is -3.93. The molecule has 0 atom stereocenters. The average Bonchev–Trinajstić information content (AvgIpc) is 2.82. The topological polar surface area (TPSA) is 67.3 Å². The zero-order valence-corrected chi connectivity index (χ0v) is 17.8. The number of para-hydroxylation sites is 1. The number of benzene rings is 3. The maximum absolute atomic E-state index is 11.6. The second-order valence-electron chi connectivity index (χ2n) is 7.23. The first-order valence-corrected chi connectivity index (χ1v) is 10.1. The summed E-state index contributed by atoms with van der Waals surface area (Å²) in [7, 11) is 3.62. The molecule has 0 fully saturated rings. The maximum Gasteiger partial charge on any atom is 0.251 e. The van der Waals surface area contributed by atoms with E-state index in [1.54, 1.807) is 19.2 Å². The van der Waals surface area contributed by atoms with E-state index < -0.39 is 0 Å². The number of fused-ring (bicyclic) bond motifs is 1. The van der Waals surface area contributed by atoms with Crippen molar-refractivity contribution < 1.29 is 9.53 Å². The Kier molecular flexibility index (Phi) is 5.80. The molecular formula is C25H24N4O2. The van der Waals surface area contributed by atoms with Crippen LogP contribution in [-0.4, -0.2) is 30.0 Å². The van der Waals surface area contributed by atoms with Crippen molar-refractivity contribution in [2.24, 2.45) is 0 Å². The van der Waals surface area contributed by atoms with E-state index in [4.69, 9.17) is 4.74 Å². The van der Waals surface area contributed by atoms with Crippen molar-refractivity contribution in [3.05, 3.63) is 89.7 Å². The number of nitrogens with one attached hydrogen (secondary N) is 1. The molecule has 0 aliphatic rings. The molecule has 1 heterocycles. The van der Waals surface area contributed by atoms with E-state index in [1.165, 1.54) is 0 Å². The zero-order valence-electron chi connectivity index (χ0n) is 17.8. The lowest BCUT2D eigenvalue weighted by molar-refractivity contribution is 0.0963. The molecule has 1 amide bonds. The van der Waals surface area contributed by atoms with E-state index in [-0.39, 0.29) is 5.91 Å². The number of aromatic nitrogens is 2. The lowest BCUT2D eigenvalue weighted by Crippen LogP contribution is -2.17. The van der Waals surface area contributed by atoms with Gasteiger partial charge in [0.15, 0.2) is 0 Å². The van der Waals surface area contributed by atoms with E-state index >= 15 is 0 Å². The predicted octanol–water partition coefficient (Wildman–Crippen LogP) is 4.64. The molecule has 31 heavy (non-hydrogen) atoms. The van der Waals surface area contributed by atoms with Gasteiger partial charge in [0.1, 0.15) is 24.0 Å². The van der Waals surface area contributed by atoms with Gasteiger partial charge in [0, 0.05) is 30.7 Å². The predicted molar refractivity (Wildman–Crippen MR) is 123 cm³/mol. The van der Waals surface area contributed by atoms with Gasteiger partial charge in [0.25, 0.3) is 5.91 Å². The molecule has 0 radical (unpaired) electrons. The van der Waals surface area contributed by atoms with Crippen molar-refractivity contribution in [3.8, 4) is 5.75 Å². The molecule has 0 saturated carbocycles. The molecule has 0 aliphatic carbocycles. The van der Waals surface area contributed by atoms with Crippen molar-refractivity contribution in [3.63, 3.8) is 0 Å². The Bertz CT molecular complexity index is 1200. The first kappa shape index (κ1) is 20.3. The van der Waals surface area contributed by atoms with Crippen LogP contribution in [0.4, 0.5) is 11.5 Å². The Morgan fingerprint density at radius 3 is 2.39 bits per heavy atom. The smallest absolute Gasteiger partial charge is 0.251 e. The summed E-state index contributed by atoms with van der Waals surface area (Å²) in [5.74, 6) is 2.28. The highest BCUT2D eigenvalue weighted by molar-refractivity contribution is 5.94. The van der Waals surface area contributed by atoms with Gasteiger partial charge >= 0.3 is 0 Å². The Labute approximate surface area is 181 Å². The van der Waals surface area contributed by atoms with Crippen LogP contribution in [0.5, 0.6) is 5.75 Å². The summed E-state index contributed by atoms with van der Waals surface area (Å²) >= 11 is 0. The second-order valence-corrected chi connectivity index (χ2v) is 7.23. The van der Waals surface area contributed by atoms with E-state index in [0.717, 1.165) is 39.5 Å². The highest BCUT2D eigenvalue weighted by atomic mass is 16.5. The van der Waals surface area contributed by atoms with Crippen LogP contribution >= 0.6 is 0 Å². The first-order chi connectivity index (χ1) is 15.0. The monoisotopic (exact) mass is 412 g/mol.